The standard InChI is InChI=1S/C15H14FN3OS/c1-8-9(2)21-14(17)13(8)15-18-12(19-20-15)7-10-3-5-11(16)6-4-10/h3-6H,7,17H2,1-2H3. The fraction of sp³-hybridized carbons (Fsp3) is 0.200. The monoisotopic (exact) mass is 303 g/mol. The van der Waals surface area contributed by atoms with Gasteiger partial charge in [0.1, 0.15) is 5.82 Å². The van der Waals surface area contributed by atoms with Gasteiger partial charge in [0.2, 0.25) is 0 Å². The Balaban J connectivity index is 1.88. The van der Waals surface area contributed by atoms with Gasteiger partial charge in [0.05, 0.1) is 10.6 Å². The first kappa shape index (κ1) is 13.8. The maximum atomic E-state index is 12.9. The van der Waals surface area contributed by atoms with Crippen molar-refractivity contribution in [2.24, 2.45) is 0 Å². The quantitative estimate of drug-likeness (QED) is 0.800. The van der Waals surface area contributed by atoms with Crippen molar-refractivity contribution in [3.63, 3.8) is 0 Å². The van der Waals surface area contributed by atoms with Crippen LogP contribution in [0.4, 0.5) is 9.39 Å². The number of aryl methyl sites for hydroxylation is 1. The molecule has 0 spiro atoms. The number of hydrogen-bond donors (Lipinski definition) is 1. The van der Waals surface area contributed by atoms with Gasteiger partial charge in [0, 0.05) is 11.3 Å². The number of rotatable bonds is 3. The average Bonchev–Trinajstić information content (AvgIpc) is 2.98. The zero-order valence-corrected chi connectivity index (χ0v) is 12.5. The second-order valence-electron chi connectivity index (χ2n) is 4.84. The molecule has 108 valence electrons. The van der Waals surface area contributed by atoms with E-state index in [1.165, 1.54) is 23.5 Å². The number of thiophene rings is 1. The summed E-state index contributed by atoms with van der Waals surface area (Å²) in [5.41, 5.74) is 8.81. The van der Waals surface area contributed by atoms with Gasteiger partial charge in [0.15, 0.2) is 5.82 Å². The Kier molecular flexibility index (Phi) is 3.47. The Hall–Kier alpha value is -2.21. The summed E-state index contributed by atoms with van der Waals surface area (Å²) in [5.74, 6) is 0.732. The molecule has 0 aliphatic heterocycles. The number of nitrogen functional groups attached to an aromatic ring is 1. The number of aromatic nitrogens is 2. The molecule has 2 N–H and O–H groups in total. The lowest BCUT2D eigenvalue weighted by Crippen LogP contribution is -1.91. The highest BCUT2D eigenvalue weighted by molar-refractivity contribution is 7.16. The average molecular weight is 303 g/mol. The predicted octanol–water partition coefficient (Wildman–Crippen LogP) is 3.73. The molecule has 3 rings (SSSR count). The van der Waals surface area contributed by atoms with Gasteiger partial charge in [-0.25, -0.2) is 4.39 Å². The Labute approximate surface area is 125 Å². The fourth-order valence-electron chi connectivity index (χ4n) is 2.13. The highest BCUT2D eigenvalue weighted by Crippen LogP contribution is 2.37. The third-order valence-corrected chi connectivity index (χ3v) is 4.41. The molecule has 21 heavy (non-hydrogen) atoms. The van der Waals surface area contributed by atoms with E-state index in [1.54, 1.807) is 12.1 Å². The van der Waals surface area contributed by atoms with E-state index in [4.69, 9.17) is 10.3 Å². The summed E-state index contributed by atoms with van der Waals surface area (Å²) in [5, 5.41) is 4.65. The Bertz CT molecular complexity index is 777. The molecule has 0 bridgehead atoms. The largest absolute Gasteiger partial charge is 0.390 e. The lowest BCUT2D eigenvalue weighted by molar-refractivity contribution is 0.424. The molecular formula is C15H14FN3OS. The van der Waals surface area contributed by atoms with Crippen molar-refractivity contribution < 1.29 is 8.91 Å². The van der Waals surface area contributed by atoms with Gasteiger partial charge in [-0.3, -0.25) is 0 Å². The van der Waals surface area contributed by atoms with Gasteiger partial charge in [-0.05, 0) is 37.1 Å². The second-order valence-corrected chi connectivity index (χ2v) is 6.10. The molecule has 3 aromatic rings. The Morgan fingerprint density at radius 3 is 2.57 bits per heavy atom. The van der Waals surface area contributed by atoms with Crippen LogP contribution < -0.4 is 5.73 Å². The van der Waals surface area contributed by atoms with Gasteiger partial charge >= 0.3 is 0 Å². The van der Waals surface area contributed by atoms with Crippen LogP contribution in [0.25, 0.3) is 11.5 Å². The molecule has 0 amide bonds. The smallest absolute Gasteiger partial charge is 0.261 e. The summed E-state index contributed by atoms with van der Waals surface area (Å²) in [6.45, 7) is 4.00. The SMILES string of the molecule is Cc1sc(N)c(-c2nc(Cc3ccc(F)cc3)no2)c1C. The van der Waals surface area contributed by atoms with Crippen molar-refractivity contribution in [3.8, 4) is 11.5 Å². The number of nitrogens with two attached hydrogens (primary N) is 1. The molecule has 4 nitrogen and oxygen atoms in total. The molecule has 0 unspecified atom stereocenters. The summed E-state index contributed by atoms with van der Waals surface area (Å²) < 4.78 is 18.2. The lowest BCUT2D eigenvalue weighted by atomic mass is 10.1. The van der Waals surface area contributed by atoms with Crippen molar-refractivity contribution in [1.82, 2.24) is 10.1 Å². The minimum absolute atomic E-state index is 0.260. The minimum Gasteiger partial charge on any atom is -0.390 e. The van der Waals surface area contributed by atoms with Crippen LogP contribution in [0.3, 0.4) is 0 Å². The van der Waals surface area contributed by atoms with E-state index in [0.29, 0.717) is 23.1 Å². The van der Waals surface area contributed by atoms with Gasteiger partial charge in [-0.2, -0.15) is 4.98 Å². The number of benzene rings is 1. The summed E-state index contributed by atoms with van der Waals surface area (Å²) in [6, 6.07) is 6.25. The molecule has 0 atom stereocenters. The van der Waals surface area contributed by atoms with Crippen molar-refractivity contribution >= 4 is 16.3 Å². The molecule has 0 fully saturated rings. The van der Waals surface area contributed by atoms with Crippen LogP contribution >= 0.6 is 11.3 Å². The number of hydrogen-bond acceptors (Lipinski definition) is 5. The van der Waals surface area contributed by atoms with Crippen LogP contribution in [0.15, 0.2) is 28.8 Å². The van der Waals surface area contributed by atoms with Crippen LogP contribution in [-0.2, 0) is 6.42 Å². The van der Waals surface area contributed by atoms with E-state index in [2.05, 4.69) is 10.1 Å². The molecule has 6 heteroatoms. The topological polar surface area (TPSA) is 64.9 Å². The number of halogens is 1. The van der Waals surface area contributed by atoms with E-state index in [0.717, 1.165) is 21.6 Å². The van der Waals surface area contributed by atoms with E-state index >= 15 is 0 Å². The van der Waals surface area contributed by atoms with Crippen molar-refractivity contribution in [2.45, 2.75) is 20.3 Å². The normalized spacial score (nSPS) is 11.0. The predicted molar refractivity (Wildman–Crippen MR) is 80.7 cm³/mol. The van der Waals surface area contributed by atoms with Gasteiger partial charge in [-0.15, -0.1) is 11.3 Å². The molecule has 0 aliphatic carbocycles. The molecule has 2 heterocycles. The lowest BCUT2D eigenvalue weighted by Gasteiger charge is -1.96. The number of anilines is 1. The van der Waals surface area contributed by atoms with Gasteiger partial charge < -0.3 is 10.3 Å². The van der Waals surface area contributed by atoms with Crippen LogP contribution in [-0.4, -0.2) is 10.1 Å². The molecular weight excluding hydrogens is 289 g/mol. The van der Waals surface area contributed by atoms with Crippen LogP contribution in [0.5, 0.6) is 0 Å². The van der Waals surface area contributed by atoms with Crippen LogP contribution in [0.2, 0.25) is 0 Å². The van der Waals surface area contributed by atoms with Crippen molar-refractivity contribution in [2.75, 3.05) is 5.73 Å². The van der Waals surface area contributed by atoms with Crippen molar-refractivity contribution in [3.05, 3.63) is 51.9 Å². The maximum Gasteiger partial charge on any atom is 0.261 e. The van der Waals surface area contributed by atoms with Crippen LogP contribution in [0.1, 0.15) is 21.8 Å². The summed E-state index contributed by atoms with van der Waals surface area (Å²) in [4.78, 5) is 5.53. The second kappa shape index (κ2) is 5.29. The molecule has 1 aromatic carbocycles. The van der Waals surface area contributed by atoms with E-state index in [9.17, 15) is 4.39 Å². The molecule has 2 aromatic heterocycles. The first-order valence-electron chi connectivity index (χ1n) is 6.47. The summed E-state index contributed by atoms with van der Waals surface area (Å²) in [7, 11) is 0. The van der Waals surface area contributed by atoms with Crippen LogP contribution in [0, 0.1) is 19.7 Å². The molecule has 0 saturated heterocycles. The van der Waals surface area contributed by atoms with E-state index < -0.39 is 0 Å². The highest BCUT2D eigenvalue weighted by atomic mass is 32.1. The maximum absolute atomic E-state index is 12.9. The Morgan fingerprint density at radius 2 is 1.95 bits per heavy atom. The van der Waals surface area contributed by atoms with Crippen molar-refractivity contribution in [1.29, 1.82) is 0 Å². The summed E-state index contributed by atoms with van der Waals surface area (Å²) in [6.07, 6.45) is 0.492. The van der Waals surface area contributed by atoms with Gasteiger partial charge in [-0.1, -0.05) is 17.3 Å². The van der Waals surface area contributed by atoms with Gasteiger partial charge in [0.25, 0.3) is 5.89 Å². The fourth-order valence-corrected chi connectivity index (χ4v) is 3.06. The summed E-state index contributed by atoms with van der Waals surface area (Å²) >= 11 is 1.51. The molecule has 0 aliphatic rings. The number of nitrogens with zero attached hydrogens (tertiary/aromatic N) is 2. The molecule has 0 saturated carbocycles. The first-order chi connectivity index (χ1) is 10.0. The third-order valence-electron chi connectivity index (χ3n) is 3.37. The van der Waals surface area contributed by atoms with E-state index in [-0.39, 0.29) is 5.82 Å². The highest BCUT2D eigenvalue weighted by Gasteiger charge is 2.18. The minimum atomic E-state index is -0.260. The third kappa shape index (κ3) is 2.67. The van der Waals surface area contributed by atoms with E-state index in [1.807, 2.05) is 13.8 Å². The first-order valence-corrected chi connectivity index (χ1v) is 7.29. The molecule has 0 radical (unpaired) electrons. The zero-order chi connectivity index (χ0) is 15.0. The Morgan fingerprint density at radius 1 is 1.24 bits per heavy atom. The zero-order valence-electron chi connectivity index (χ0n) is 11.7.